The highest BCUT2D eigenvalue weighted by Crippen LogP contribution is 2.23. The largest absolute Gasteiger partial charge is 0.488 e. The van der Waals surface area contributed by atoms with Crippen LogP contribution in [0, 0.1) is 0 Å². The number of aromatic nitrogens is 1. The number of benzene rings is 1. The number of nitrogens with zero attached hydrogens (tertiary/aromatic N) is 1. The Labute approximate surface area is 134 Å². The molecular formula is C17H21NO5. The van der Waals surface area contributed by atoms with Crippen molar-refractivity contribution in [3.8, 4) is 5.75 Å². The minimum Gasteiger partial charge on any atom is -0.488 e. The van der Waals surface area contributed by atoms with Crippen LogP contribution in [0.3, 0.4) is 0 Å². The second kappa shape index (κ2) is 7.59. The van der Waals surface area contributed by atoms with Gasteiger partial charge in [-0.25, -0.2) is 0 Å². The van der Waals surface area contributed by atoms with Gasteiger partial charge in [-0.1, -0.05) is 6.07 Å². The summed E-state index contributed by atoms with van der Waals surface area (Å²) in [6.07, 6.45) is 1.44. The Hall–Kier alpha value is -1.89. The molecule has 0 radical (unpaired) electrons. The maximum absolute atomic E-state index is 12.5. The summed E-state index contributed by atoms with van der Waals surface area (Å²) in [6, 6.07) is 7.38. The van der Waals surface area contributed by atoms with Gasteiger partial charge in [0.25, 0.3) is 5.56 Å². The van der Waals surface area contributed by atoms with Crippen molar-refractivity contribution >= 4 is 10.8 Å². The van der Waals surface area contributed by atoms with E-state index in [9.17, 15) is 4.79 Å². The normalized spacial score (nSPS) is 15.3. The molecule has 1 aliphatic rings. The van der Waals surface area contributed by atoms with Gasteiger partial charge in [0.05, 0.1) is 25.2 Å². The van der Waals surface area contributed by atoms with Crippen molar-refractivity contribution in [2.75, 3.05) is 33.0 Å². The van der Waals surface area contributed by atoms with Gasteiger partial charge >= 0.3 is 0 Å². The second-order valence-corrected chi connectivity index (χ2v) is 5.21. The number of pyridine rings is 1. The summed E-state index contributed by atoms with van der Waals surface area (Å²) in [7, 11) is 0. The van der Waals surface area contributed by atoms with Gasteiger partial charge in [-0.3, -0.25) is 4.79 Å². The van der Waals surface area contributed by atoms with Crippen LogP contribution in [0.15, 0.2) is 35.3 Å². The van der Waals surface area contributed by atoms with Gasteiger partial charge < -0.3 is 23.5 Å². The van der Waals surface area contributed by atoms with Gasteiger partial charge in [-0.05, 0) is 25.1 Å². The van der Waals surface area contributed by atoms with E-state index in [4.69, 9.17) is 18.9 Å². The van der Waals surface area contributed by atoms with Crippen molar-refractivity contribution in [2.24, 2.45) is 0 Å². The van der Waals surface area contributed by atoms with Crippen LogP contribution in [0.1, 0.15) is 6.92 Å². The van der Waals surface area contributed by atoms with Crippen LogP contribution in [0.25, 0.3) is 10.8 Å². The van der Waals surface area contributed by atoms with Crippen LogP contribution < -0.4 is 10.3 Å². The standard InChI is InChI=1S/C17H21NO5/c1-2-20-9-8-18-7-6-13-14(17(18)19)4-3-5-15(13)23-12-16-21-10-11-22-16/h3-7,16H,2,8-12H2,1H3. The highest BCUT2D eigenvalue weighted by atomic mass is 16.7. The predicted octanol–water partition coefficient (Wildman–Crippen LogP) is 1.79. The number of rotatable bonds is 7. The van der Waals surface area contributed by atoms with Crippen molar-refractivity contribution in [3.05, 3.63) is 40.8 Å². The fourth-order valence-corrected chi connectivity index (χ4v) is 2.56. The average molecular weight is 319 g/mol. The summed E-state index contributed by atoms with van der Waals surface area (Å²) in [6.45, 7) is 5.14. The van der Waals surface area contributed by atoms with Gasteiger partial charge in [-0.15, -0.1) is 0 Å². The molecule has 23 heavy (non-hydrogen) atoms. The molecule has 2 aromatic rings. The molecule has 0 bridgehead atoms. The summed E-state index contributed by atoms with van der Waals surface area (Å²) in [5.74, 6) is 0.663. The maximum Gasteiger partial charge on any atom is 0.258 e. The van der Waals surface area contributed by atoms with E-state index in [0.29, 0.717) is 50.7 Å². The first-order valence-corrected chi connectivity index (χ1v) is 7.85. The summed E-state index contributed by atoms with van der Waals surface area (Å²) >= 11 is 0. The molecular weight excluding hydrogens is 298 g/mol. The minimum atomic E-state index is -0.336. The third kappa shape index (κ3) is 3.72. The summed E-state index contributed by atoms with van der Waals surface area (Å²) < 4.78 is 23.5. The zero-order valence-electron chi connectivity index (χ0n) is 13.2. The van der Waals surface area contributed by atoms with Crippen LogP contribution in [-0.2, 0) is 20.8 Å². The first-order chi connectivity index (χ1) is 11.3. The summed E-state index contributed by atoms with van der Waals surface area (Å²) in [5.41, 5.74) is -0.0407. The van der Waals surface area contributed by atoms with Gasteiger partial charge in [0.2, 0.25) is 0 Å². The molecule has 0 aliphatic carbocycles. The van der Waals surface area contributed by atoms with Crippen molar-refractivity contribution < 1.29 is 18.9 Å². The fraction of sp³-hybridized carbons (Fsp3) is 0.471. The van der Waals surface area contributed by atoms with Crippen LogP contribution in [-0.4, -0.2) is 43.9 Å². The Kier molecular flexibility index (Phi) is 5.27. The molecule has 1 aromatic carbocycles. The lowest BCUT2D eigenvalue weighted by atomic mass is 10.1. The van der Waals surface area contributed by atoms with Gasteiger partial charge in [0.1, 0.15) is 12.4 Å². The molecule has 0 amide bonds. The number of fused-ring (bicyclic) bond motifs is 1. The predicted molar refractivity (Wildman–Crippen MR) is 85.9 cm³/mol. The Bertz CT molecular complexity index is 706. The second-order valence-electron chi connectivity index (χ2n) is 5.21. The average Bonchev–Trinajstić information content (AvgIpc) is 3.09. The van der Waals surface area contributed by atoms with E-state index in [1.807, 2.05) is 31.2 Å². The highest BCUT2D eigenvalue weighted by Gasteiger charge is 2.17. The third-order valence-electron chi connectivity index (χ3n) is 3.72. The lowest BCUT2D eigenvalue weighted by Crippen LogP contribution is -2.22. The van der Waals surface area contributed by atoms with Gasteiger partial charge in [0.15, 0.2) is 6.29 Å². The Morgan fingerprint density at radius 2 is 2.04 bits per heavy atom. The zero-order valence-corrected chi connectivity index (χ0v) is 13.2. The van der Waals surface area contributed by atoms with E-state index in [2.05, 4.69) is 0 Å². The lowest BCUT2D eigenvalue weighted by molar-refractivity contribution is -0.0681. The number of hydrogen-bond acceptors (Lipinski definition) is 5. The SMILES string of the molecule is CCOCCn1ccc2c(OCC3OCCO3)cccc2c1=O. The molecule has 0 spiro atoms. The van der Waals surface area contributed by atoms with Crippen LogP contribution in [0.2, 0.25) is 0 Å². The van der Waals surface area contributed by atoms with Gasteiger partial charge in [-0.2, -0.15) is 0 Å². The van der Waals surface area contributed by atoms with Crippen molar-refractivity contribution in [3.63, 3.8) is 0 Å². The minimum absolute atomic E-state index is 0.0407. The molecule has 2 heterocycles. The molecule has 1 saturated heterocycles. The maximum atomic E-state index is 12.5. The van der Waals surface area contributed by atoms with Gasteiger partial charge in [0, 0.05) is 24.7 Å². The summed E-state index contributed by atoms with van der Waals surface area (Å²) in [5, 5.41) is 1.43. The Morgan fingerprint density at radius 1 is 1.22 bits per heavy atom. The molecule has 1 aliphatic heterocycles. The monoisotopic (exact) mass is 319 g/mol. The van der Waals surface area contributed by atoms with Crippen LogP contribution in [0.4, 0.5) is 0 Å². The van der Waals surface area contributed by atoms with E-state index in [0.717, 1.165) is 5.39 Å². The lowest BCUT2D eigenvalue weighted by Gasteiger charge is -2.13. The van der Waals surface area contributed by atoms with Crippen molar-refractivity contribution in [1.29, 1.82) is 0 Å². The fourth-order valence-electron chi connectivity index (χ4n) is 2.56. The van der Waals surface area contributed by atoms with E-state index in [1.54, 1.807) is 10.8 Å². The first kappa shape index (κ1) is 16.0. The molecule has 0 saturated carbocycles. The van der Waals surface area contributed by atoms with E-state index < -0.39 is 0 Å². The molecule has 6 nitrogen and oxygen atoms in total. The summed E-state index contributed by atoms with van der Waals surface area (Å²) in [4.78, 5) is 12.5. The van der Waals surface area contributed by atoms with Crippen molar-refractivity contribution in [2.45, 2.75) is 19.8 Å². The van der Waals surface area contributed by atoms with E-state index in [1.165, 1.54) is 0 Å². The topological polar surface area (TPSA) is 58.9 Å². The number of hydrogen-bond donors (Lipinski definition) is 0. The number of ether oxygens (including phenoxy) is 4. The molecule has 0 N–H and O–H groups in total. The van der Waals surface area contributed by atoms with Crippen molar-refractivity contribution in [1.82, 2.24) is 4.57 Å². The van der Waals surface area contributed by atoms with Crippen LogP contribution >= 0.6 is 0 Å². The molecule has 0 unspecified atom stereocenters. The molecule has 1 fully saturated rings. The van der Waals surface area contributed by atoms with E-state index in [-0.39, 0.29) is 11.8 Å². The Morgan fingerprint density at radius 3 is 2.83 bits per heavy atom. The molecule has 124 valence electrons. The quantitative estimate of drug-likeness (QED) is 0.728. The smallest absolute Gasteiger partial charge is 0.258 e. The third-order valence-corrected chi connectivity index (χ3v) is 3.72. The molecule has 0 atom stereocenters. The molecule has 3 rings (SSSR count). The molecule has 1 aromatic heterocycles. The first-order valence-electron chi connectivity index (χ1n) is 7.85. The Balaban J connectivity index is 1.80. The highest BCUT2D eigenvalue weighted by molar-refractivity contribution is 5.87. The zero-order chi connectivity index (χ0) is 16.1. The van der Waals surface area contributed by atoms with Crippen LogP contribution in [0.5, 0.6) is 5.75 Å². The van der Waals surface area contributed by atoms with E-state index >= 15 is 0 Å². The molecule has 6 heteroatoms.